The second-order valence-electron chi connectivity index (χ2n) is 6.91. The molecule has 4 rings (SSSR count). The number of rotatable bonds is 4. The van der Waals surface area contributed by atoms with Crippen molar-refractivity contribution in [1.29, 1.82) is 0 Å². The molecule has 5 nitrogen and oxygen atoms in total. The topological polar surface area (TPSA) is 43.9 Å². The van der Waals surface area contributed by atoms with Gasteiger partial charge in [-0.3, -0.25) is 9.59 Å². The summed E-state index contributed by atoms with van der Waals surface area (Å²) in [6.45, 7) is 6.29. The summed E-state index contributed by atoms with van der Waals surface area (Å²) in [5.74, 6) is -0.626. The normalized spacial score (nSPS) is 18.4. The Hall–Kier alpha value is -2.63. The first-order chi connectivity index (χ1) is 13.6. The molecule has 0 atom stereocenters. The lowest BCUT2D eigenvalue weighted by Gasteiger charge is -2.36. The third-order valence-electron chi connectivity index (χ3n) is 5.35. The highest BCUT2D eigenvalue weighted by Gasteiger charge is 2.43. The van der Waals surface area contributed by atoms with Gasteiger partial charge >= 0.3 is 0 Å². The number of nitrogens with zero attached hydrogens (tertiary/aromatic N) is 3. The Morgan fingerprint density at radius 3 is 2.14 bits per heavy atom. The average molecular weight is 396 g/mol. The zero-order chi connectivity index (χ0) is 19.7. The first-order valence-corrected chi connectivity index (χ1v) is 9.90. The highest BCUT2D eigenvalue weighted by atomic mass is 35.5. The van der Waals surface area contributed by atoms with Gasteiger partial charge in [0.05, 0.1) is 16.3 Å². The van der Waals surface area contributed by atoms with E-state index in [1.54, 1.807) is 24.3 Å². The fourth-order valence-corrected chi connectivity index (χ4v) is 4.04. The van der Waals surface area contributed by atoms with Crippen LogP contribution >= 0.6 is 11.6 Å². The molecule has 0 aliphatic carbocycles. The van der Waals surface area contributed by atoms with Crippen LogP contribution in [-0.2, 0) is 9.59 Å². The maximum absolute atomic E-state index is 13.4. The third-order valence-corrected chi connectivity index (χ3v) is 5.67. The number of para-hydroxylation sites is 1. The van der Waals surface area contributed by atoms with Crippen LogP contribution in [0, 0.1) is 0 Å². The number of carbonyl (C=O) groups is 2. The predicted octanol–water partition coefficient (Wildman–Crippen LogP) is 3.26. The quantitative estimate of drug-likeness (QED) is 0.745. The Morgan fingerprint density at radius 2 is 1.50 bits per heavy atom. The smallest absolute Gasteiger partial charge is 0.282 e. The molecule has 2 aromatic rings. The molecule has 2 amide bonds. The molecule has 0 saturated carbocycles. The SMILES string of the molecule is CCN1CCN(C2=C(c3ccccc3)C(=O)N(c3ccccc3Cl)C2=O)CC1. The van der Waals surface area contributed by atoms with Gasteiger partial charge in [-0.25, -0.2) is 4.90 Å². The molecule has 1 fully saturated rings. The number of hydrogen-bond acceptors (Lipinski definition) is 4. The van der Waals surface area contributed by atoms with Gasteiger partial charge in [-0.1, -0.05) is 61.0 Å². The number of benzene rings is 2. The Morgan fingerprint density at radius 1 is 0.857 bits per heavy atom. The Balaban J connectivity index is 1.78. The van der Waals surface area contributed by atoms with Crippen LogP contribution < -0.4 is 4.90 Å². The van der Waals surface area contributed by atoms with Crippen LogP contribution in [0.15, 0.2) is 60.3 Å². The first-order valence-electron chi connectivity index (χ1n) is 9.52. The van der Waals surface area contributed by atoms with Crippen LogP contribution in [0.3, 0.4) is 0 Å². The van der Waals surface area contributed by atoms with Crippen LogP contribution in [0.2, 0.25) is 5.02 Å². The fraction of sp³-hybridized carbons (Fsp3) is 0.273. The van der Waals surface area contributed by atoms with Crippen molar-refractivity contribution in [2.75, 3.05) is 37.6 Å². The molecule has 2 aliphatic heterocycles. The number of amides is 2. The van der Waals surface area contributed by atoms with E-state index in [0.717, 1.165) is 38.3 Å². The van der Waals surface area contributed by atoms with Gasteiger partial charge in [0.25, 0.3) is 11.8 Å². The fourth-order valence-electron chi connectivity index (χ4n) is 3.82. The monoisotopic (exact) mass is 395 g/mol. The molecule has 6 heteroatoms. The highest BCUT2D eigenvalue weighted by Crippen LogP contribution is 2.37. The molecule has 2 heterocycles. The van der Waals surface area contributed by atoms with Gasteiger partial charge in [-0.05, 0) is 24.2 Å². The summed E-state index contributed by atoms with van der Waals surface area (Å²) < 4.78 is 0. The number of anilines is 1. The van der Waals surface area contributed by atoms with Crippen molar-refractivity contribution in [3.63, 3.8) is 0 Å². The predicted molar refractivity (Wildman–Crippen MR) is 111 cm³/mol. The number of imide groups is 1. The summed E-state index contributed by atoms with van der Waals surface area (Å²) >= 11 is 6.32. The number of halogens is 1. The second kappa shape index (κ2) is 7.78. The minimum absolute atomic E-state index is 0.304. The summed E-state index contributed by atoms with van der Waals surface area (Å²) in [7, 11) is 0. The van der Waals surface area contributed by atoms with Crippen LogP contribution in [0.1, 0.15) is 12.5 Å². The van der Waals surface area contributed by atoms with Crippen molar-refractivity contribution in [2.45, 2.75) is 6.92 Å². The number of carbonyl (C=O) groups excluding carboxylic acids is 2. The van der Waals surface area contributed by atoms with Gasteiger partial charge in [0, 0.05) is 26.2 Å². The molecule has 0 aromatic heterocycles. The molecule has 0 radical (unpaired) electrons. The van der Waals surface area contributed by atoms with Gasteiger partial charge in [0.2, 0.25) is 0 Å². The number of piperazine rings is 1. The lowest BCUT2D eigenvalue weighted by Crippen LogP contribution is -2.47. The zero-order valence-electron chi connectivity index (χ0n) is 15.8. The van der Waals surface area contributed by atoms with Crippen LogP contribution in [0.5, 0.6) is 0 Å². The summed E-state index contributed by atoms with van der Waals surface area (Å²) in [6.07, 6.45) is 0. The first kappa shape index (κ1) is 18.7. The summed E-state index contributed by atoms with van der Waals surface area (Å²) in [6, 6.07) is 16.4. The van der Waals surface area contributed by atoms with E-state index in [0.29, 0.717) is 22.0 Å². The number of likely N-dealkylation sites (N-methyl/N-ethyl adjacent to an activating group) is 1. The third kappa shape index (κ3) is 3.21. The van der Waals surface area contributed by atoms with Crippen molar-refractivity contribution in [2.24, 2.45) is 0 Å². The second-order valence-corrected chi connectivity index (χ2v) is 7.32. The van der Waals surface area contributed by atoms with Gasteiger partial charge in [0.1, 0.15) is 5.70 Å². The molecular formula is C22H22ClN3O2. The van der Waals surface area contributed by atoms with E-state index in [2.05, 4.69) is 11.8 Å². The summed E-state index contributed by atoms with van der Waals surface area (Å²) in [4.78, 5) is 32.4. The number of hydrogen-bond donors (Lipinski definition) is 0. The summed E-state index contributed by atoms with van der Waals surface area (Å²) in [5.41, 5.74) is 2.11. The lowest BCUT2D eigenvalue weighted by atomic mass is 10.0. The molecular weight excluding hydrogens is 374 g/mol. The minimum Gasteiger partial charge on any atom is -0.364 e. The van der Waals surface area contributed by atoms with Gasteiger partial charge in [0.15, 0.2) is 0 Å². The minimum atomic E-state index is -0.322. The van der Waals surface area contributed by atoms with Crippen molar-refractivity contribution >= 4 is 34.7 Å². The van der Waals surface area contributed by atoms with Crippen LogP contribution in [-0.4, -0.2) is 54.3 Å². The van der Waals surface area contributed by atoms with E-state index in [4.69, 9.17) is 11.6 Å². The average Bonchev–Trinajstić information content (AvgIpc) is 2.99. The van der Waals surface area contributed by atoms with E-state index in [1.165, 1.54) is 4.90 Å². The van der Waals surface area contributed by atoms with Crippen LogP contribution in [0.4, 0.5) is 5.69 Å². The Kier molecular flexibility index (Phi) is 5.20. The molecule has 2 aliphatic rings. The largest absolute Gasteiger partial charge is 0.364 e. The van der Waals surface area contributed by atoms with Crippen molar-refractivity contribution in [3.05, 3.63) is 70.9 Å². The standard InChI is InChI=1S/C22H22ClN3O2/c1-2-24-12-14-25(15-13-24)20-19(16-8-4-3-5-9-16)21(27)26(22(20)28)18-11-7-6-10-17(18)23/h3-11H,2,12-15H2,1H3. The molecule has 0 bridgehead atoms. The Labute approximate surface area is 169 Å². The van der Waals surface area contributed by atoms with E-state index < -0.39 is 0 Å². The Bertz CT molecular complexity index is 934. The molecule has 0 spiro atoms. The molecule has 0 unspecified atom stereocenters. The van der Waals surface area contributed by atoms with E-state index in [1.807, 2.05) is 35.2 Å². The molecule has 0 N–H and O–H groups in total. The summed E-state index contributed by atoms with van der Waals surface area (Å²) in [5, 5.41) is 0.383. The van der Waals surface area contributed by atoms with Crippen molar-refractivity contribution < 1.29 is 9.59 Å². The molecule has 28 heavy (non-hydrogen) atoms. The van der Waals surface area contributed by atoms with Gasteiger partial charge in [-0.15, -0.1) is 0 Å². The molecule has 2 aromatic carbocycles. The van der Waals surface area contributed by atoms with Gasteiger partial charge in [-0.2, -0.15) is 0 Å². The molecule has 1 saturated heterocycles. The van der Waals surface area contributed by atoms with Crippen LogP contribution in [0.25, 0.3) is 5.57 Å². The highest BCUT2D eigenvalue weighted by molar-refractivity contribution is 6.47. The maximum Gasteiger partial charge on any atom is 0.282 e. The van der Waals surface area contributed by atoms with Crippen molar-refractivity contribution in [3.8, 4) is 0 Å². The van der Waals surface area contributed by atoms with E-state index in [9.17, 15) is 9.59 Å². The van der Waals surface area contributed by atoms with Crippen molar-refractivity contribution in [1.82, 2.24) is 9.80 Å². The van der Waals surface area contributed by atoms with E-state index in [-0.39, 0.29) is 11.8 Å². The van der Waals surface area contributed by atoms with Gasteiger partial charge < -0.3 is 9.80 Å². The zero-order valence-corrected chi connectivity index (χ0v) is 16.5. The van der Waals surface area contributed by atoms with E-state index >= 15 is 0 Å². The molecule has 144 valence electrons. The maximum atomic E-state index is 13.4. The lowest BCUT2D eigenvalue weighted by molar-refractivity contribution is -0.120.